The molecule has 260 valence electrons. The fourth-order valence-electron chi connectivity index (χ4n) is 3.50. The Kier molecular flexibility index (Phi) is 20.4. The van der Waals surface area contributed by atoms with E-state index in [-0.39, 0.29) is 41.9 Å². The zero-order valence-corrected chi connectivity index (χ0v) is 28.6. The van der Waals surface area contributed by atoms with Gasteiger partial charge in [0.05, 0.1) is 33.0 Å². The minimum absolute atomic E-state index is 0.0311. The summed E-state index contributed by atoms with van der Waals surface area (Å²) < 4.78 is 44.8. The van der Waals surface area contributed by atoms with Gasteiger partial charge in [0, 0.05) is 25.4 Å². The van der Waals surface area contributed by atoms with Gasteiger partial charge in [-0.15, -0.1) is 0 Å². The molecule has 0 aliphatic rings. The Bertz CT molecular complexity index is 1090. The third-order valence-electron chi connectivity index (χ3n) is 5.70. The van der Waals surface area contributed by atoms with Gasteiger partial charge in [-0.25, -0.2) is 14.4 Å². The highest BCUT2D eigenvalue weighted by Gasteiger charge is 2.37. The number of ether oxygens (including phenoxy) is 4. The van der Waals surface area contributed by atoms with Crippen molar-refractivity contribution in [1.29, 1.82) is 0 Å². The average Bonchev–Trinajstić information content (AvgIpc) is 2.96. The molecule has 0 amide bonds. The molecule has 0 aromatic carbocycles. The van der Waals surface area contributed by atoms with E-state index in [2.05, 4.69) is 19.8 Å². The third kappa shape index (κ3) is 16.9. The molecule has 16 nitrogen and oxygen atoms in total. The smallest absolute Gasteiger partial charge is 0.406 e. The van der Waals surface area contributed by atoms with E-state index >= 15 is 0 Å². The summed E-state index contributed by atoms with van der Waals surface area (Å²) in [6.07, 6.45) is -1.06. The first-order chi connectivity index (χ1) is 21.0. The molecule has 0 saturated carbocycles. The van der Waals surface area contributed by atoms with E-state index < -0.39 is 63.4 Å². The van der Waals surface area contributed by atoms with Crippen molar-refractivity contribution in [2.75, 3.05) is 34.5 Å². The summed E-state index contributed by atoms with van der Waals surface area (Å²) >= 11 is 0. The molecular weight excluding hydrogens is 613 g/mol. The molecule has 0 aromatic heterocycles. The van der Waals surface area contributed by atoms with Crippen LogP contribution in [-0.2, 0) is 42.1 Å². The fourth-order valence-corrected chi connectivity index (χ4v) is 4.93. The van der Waals surface area contributed by atoms with Crippen LogP contribution in [-0.4, -0.2) is 99.3 Å². The Morgan fingerprint density at radius 2 is 1.69 bits per heavy atom. The molecule has 0 rings (SSSR count). The number of allylic oxidation sites excluding steroid dienone is 2. The molecule has 0 bridgehead atoms. The number of nitrogens with one attached hydrogen (secondary N) is 1. The maximum absolute atomic E-state index is 13.7. The zero-order chi connectivity index (χ0) is 34.7. The molecule has 5 atom stereocenters. The largest absolute Gasteiger partial charge is 0.479 e. The van der Waals surface area contributed by atoms with Gasteiger partial charge in [0.15, 0.2) is 6.61 Å². The summed E-state index contributed by atoms with van der Waals surface area (Å²) in [4.78, 5) is 32.9. The summed E-state index contributed by atoms with van der Waals surface area (Å²) in [6, 6.07) is -1.12. The van der Waals surface area contributed by atoms with Crippen molar-refractivity contribution in [2.45, 2.75) is 91.3 Å². The topological polar surface area (TPSA) is 236 Å². The average molecular weight is 666 g/mol. The Morgan fingerprint density at radius 3 is 2.18 bits per heavy atom. The standard InChI is InChI=1S/C28H52N5O11P/c1-10-11-23(30)32-27(41-9)25(19(6)29)31-13-12-21(34)26(36)22(39-7)15-42-45(38,43-16-24(35)40-8)33-20(14-17(2)3)28(37)44-18(4)5/h11,13,17-18,20-22,26,34,36H,10,12,14-16,29-30H2,1-9H3,(H,33,38)/b23-11+,25-19?,31-13?,32-27+/t20-,21+,22?,26?,45?/m0/s1. The van der Waals surface area contributed by atoms with E-state index in [1.807, 2.05) is 20.8 Å². The normalized spacial score (nSPS) is 17.4. The number of nitrogens with zero attached hydrogens (tertiary/aromatic N) is 2. The zero-order valence-electron chi connectivity index (χ0n) is 27.7. The molecule has 3 unspecified atom stereocenters. The Morgan fingerprint density at radius 1 is 1.04 bits per heavy atom. The van der Waals surface area contributed by atoms with Crippen molar-refractivity contribution in [3.8, 4) is 0 Å². The van der Waals surface area contributed by atoms with Gasteiger partial charge in [-0.1, -0.05) is 20.8 Å². The SMILES string of the molecule is CC/C=C(N)/N=C(/OC)C(N=CC[C@@H](O)C(O)C(COP(=O)(N[C@@H](CC(C)C)C(=O)OC(C)C)OCC(=O)OC)OC)=C(C)N. The van der Waals surface area contributed by atoms with E-state index in [0.717, 1.165) is 7.11 Å². The second-order valence-electron chi connectivity index (χ2n) is 10.5. The van der Waals surface area contributed by atoms with Gasteiger partial charge in [0.25, 0.3) is 0 Å². The predicted molar refractivity (Wildman–Crippen MR) is 169 cm³/mol. The number of carbonyl (C=O) groups is 2. The van der Waals surface area contributed by atoms with Crippen molar-refractivity contribution in [3.05, 3.63) is 23.3 Å². The van der Waals surface area contributed by atoms with Crippen LogP contribution in [0.5, 0.6) is 0 Å². The molecule has 0 saturated heterocycles. The summed E-state index contributed by atoms with van der Waals surface area (Å²) in [5.41, 5.74) is 12.2. The number of hydrogen-bond acceptors (Lipinski definition) is 15. The van der Waals surface area contributed by atoms with Crippen LogP contribution in [0.25, 0.3) is 0 Å². The highest BCUT2D eigenvalue weighted by atomic mass is 31.2. The van der Waals surface area contributed by atoms with Crippen LogP contribution in [0.3, 0.4) is 0 Å². The number of aliphatic imine (C=N–C) groups is 2. The van der Waals surface area contributed by atoms with Gasteiger partial charge >= 0.3 is 19.7 Å². The number of nitrogens with two attached hydrogens (primary N) is 2. The minimum Gasteiger partial charge on any atom is -0.479 e. The van der Waals surface area contributed by atoms with E-state index in [0.29, 0.717) is 6.42 Å². The van der Waals surface area contributed by atoms with Crippen LogP contribution < -0.4 is 16.6 Å². The van der Waals surface area contributed by atoms with Crippen LogP contribution in [0, 0.1) is 5.92 Å². The summed E-state index contributed by atoms with van der Waals surface area (Å²) in [5, 5.41) is 24.0. The highest BCUT2D eigenvalue weighted by Crippen LogP contribution is 2.45. The first kappa shape index (κ1) is 42.1. The number of aliphatic hydroxyl groups excluding tert-OH is 2. The summed E-state index contributed by atoms with van der Waals surface area (Å²) in [7, 11) is -0.696. The van der Waals surface area contributed by atoms with Crippen LogP contribution in [0.2, 0.25) is 0 Å². The number of carbonyl (C=O) groups excluding carboxylic acids is 2. The Labute approximate surface area is 265 Å². The number of hydrogen-bond donors (Lipinski definition) is 5. The molecule has 0 aromatic rings. The molecule has 0 radical (unpaired) electrons. The lowest BCUT2D eigenvalue weighted by Crippen LogP contribution is -2.43. The predicted octanol–water partition coefficient (Wildman–Crippen LogP) is 1.90. The fraction of sp³-hybridized carbons (Fsp3) is 0.714. The molecule has 0 aliphatic heterocycles. The van der Waals surface area contributed by atoms with Gasteiger partial charge in [0.2, 0.25) is 5.90 Å². The highest BCUT2D eigenvalue weighted by molar-refractivity contribution is 7.51. The molecule has 0 heterocycles. The monoisotopic (exact) mass is 665 g/mol. The lowest BCUT2D eigenvalue weighted by atomic mass is 10.0. The van der Waals surface area contributed by atoms with Gasteiger partial charge in [0.1, 0.15) is 29.8 Å². The molecule has 17 heteroatoms. The molecule has 0 spiro atoms. The lowest BCUT2D eigenvalue weighted by Gasteiger charge is -2.29. The van der Waals surface area contributed by atoms with E-state index in [9.17, 15) is 24.4 Å². The Balaban J connectivity index is 5.86. The van der Waals surface area contributed by atoms with Crippen LogP contribution in [0.4, 0.5) is 0 Å². The van der Waals surface area contributed by atoms with Crippen LogP contribution in [0.15, 0.2) is 33.3 Å². The number of methoxy groups -OCH3 is 3. The number of aliphatic hydroxyl groups is 2. The molecule has 0 aliphatic carbocycles. The second-order valence-corrected chi connectivity index (χ2v) is 12.3. The van der Waals surface area contributed by atoms with Gasteiger partial charge in [-0.05, 0) is 45.6 Å². The minimum atomic E-state index is -4.42. The van der Waals surface area contributed by atoms with Crippen molar-refractivity contribution in [1.82, 2.24) is 5.09 Å². The van der Waals surface area contributed by atoms with Crippen molar-refractivity contribution >= 4 is 31.8 Å². The molecule has 7 N–H and O–H groups in total. The Hall–Kier alpha value is -2.85. The van der Waals surface area contributed by atoms with E-state index in [4.69, 9.17) is 34.7 Å². The van der Waals surface area contributed by atoms with Gasteiger partial charge < -0.3 is 40.6 Å². The van der Waals surface area contributed by atoms with E-state index in [1.54, 1.807) is 26.8 Å². The quantitative estimate of drug-likeness (QED) is 0.0510. The number of rotatable bonds is 21. The third-order valence-corrected chi connectivity index (χ3v) is 7.29. The van der Waals surface area contributed by atoms with Crippen LogP contribution >= 0.6 is 7.75 Å². The maximum atomic E-state index is 13.7. The van der Waals surface area contributed by atoms with E-state index in [1.165, 1.54) is 20.4 Å². The number of esters is 2. The molecule has 45 heavy (non-hydrogen) atoms. The molecule has 0 fully saturated rings. The van der Waals surface area contributed by atoms with Crippen molar-refractivity contribution in [3.63, 3.8) is 0 Å². The first-order valence-corrected chi connectivity index (χ1v) is 16.0. The molecular formula is C28H52N5O11P. The van der Waals surface area contributed by atoms with Gasteiger partial charge in [-0.2, -0.15) is 4.99 Å². The van der Waals surface area contributed by atoms with Crippen molar-refractivity contribution < 1.29 is 52.4 Å². The lowest BCUT2D eigenvalue weighted by molar-refractivity contribution is -0.150. The van der Waals surface area contributed by atoms with Crippen molar-refractivity contribution in [2.24, 2.45) is 27.4 Å². The maximum Gasteiger partial charge on any atom is 0.406 e. The first-order valence-electron chi connectivity index (χ1n) is 14.4. The summed E-state index contributed by atoms with van der Waals surface area (Å²) in [6.45, 7) is 9.13. The summed E-state index contributed by atoms with van der Waals surface area (Å²) in [5.74, 6) is -1.33. The van der Waals surface area contributed by atoms with Gasteiger partial charge in [-0.3, -0.25) is 18.8 Å². The second kappa shape index (κ2) is 21.8. The van der Waals surface area contributed by atoms with Crippen LogP contribution in [0.1, 0.15) is 60.8 Å².